The summed E-state index contributed by atoms with van der Waals surface area (Å²) in [5.74, 6) is 1.89. The third kappa shape index (κ3) is 2.51. The predicted octanol–water partition coefficient (Wildman–Crippen LogP) is 3.52. The Hall–Kier alpha value is -1.74. The Bertz CT molecular complexity index is 572. The molecule has 3 heteroatoms. The molecule has 1 unspecified atom stereocenters. The molecule has 102 valence electrons. The zero-order chi connectivity index (χ0) is 14.0. The lowest BCUT2D eigenvalue weighted by atomic mass is 9.95. The minimum absolute atomic E-state index is 0.0691. The molecule has 0 spiro atoms. The first-order valence-corrected chi connectivity index (χ1v) is 6.44. The Balaban J connectivity index is 2.50. The second kappa shape index (κ2) is 5.49. The third-order valence-electron chi connectivity index (χ3n) is 3.55. The van der Waals surface area contributed by atoms with Crippen molar-refractivity contribution in [1.29, 1.82) is 0 Å². The fraction of sp³-hybridized carbons (Fsp3) is 0.375. The number of furan rings is 1. The van der Waals surface area contributed by atoms with Crippen molar-refractivity contribution in [1.82, 2.24) is 5.32 Å². The summed E-state index contributed by atoms with van der Waals surface area (Å²) in [6, 6.07) is 6.30. The van der Waals surface area contributed by atoms with Crippen LogP contribution in [0.2, 0.25) is 0 Å². The molecule has 3 nitrogen and oxygen atoms in total. The summed E-state index contributed by atoms with van der Waals surface area (Å²) in [6.07, 6.45) is 1.74. The summed E-state index contributed by atoms with van der Waals surface area (Å²) in [4.78, 5) is 0. The van der Waals surface area contributed by atoms with E-state index in [9.17, 15) is 0 Å². The fourth-order valence-electron chi connectivity index (χ4n) is 2.45. The molecule has 2 aromatic rings. The molecule has 0 aliphatic carbocycles. The van der Waals surface area contributed by atoms with Gasteiger partial charge in [0.2, 0.25) is 0 Å². The van der Waals surface area contributed by atoms with Crippen molar-refractivity contribution < 1.29 is 9.15 Å². The molecule has 1 N–H and O–H groups in total. The molecule has 0 saturated heterocycles. The van der Waals surface area contributed by atoms with Crippen LogP contribution in [0.25, 0.3) is 0 Å². The van der Waals surface area contributed by atoms with Crippen molar-refractivity contribution in [2.24, 2.45) is 0 Å². The van der Waals surface area contributed by atoms with E-state index >= 15 is 0 Å². The molecule has 1 atom stereocenters. The van der Waals surface area contributed by atoms with Gasteiger partial charge in [-0.1, -0.05) is 6.07 Å². The average molecular weight is 259 g/mol. The maximum absolute atomic E-state index is 5.63. The highest BCUT2D eigenvalue weighted by Gasteiger charge is 2.20. The van der Waals surface area contributed by atoms with Crippen LogP contribution in [0.5, 0.6) is 5.75 Å². The Morgan fingerprint density at radius 2 is 1.84 bits per heavy atom. The van der Waals surface area contributed by atoms with E-state index in [2.05, 4.69) is 38.2 Å². The smallest absolute Gasteiger partial charge is 0.128 e. The minimum Gasteiger partial charge on any atom is -0.496 e. The number of rotatable bonds is 4. The molecule has 0 amide bonds. The van der Waals surface area contributed by atoms with Crippen molar-refractivity contribution in [3.63, 3.8) is 0 Å². The van der Waals surface area contributed by atoms with Gasteiger partial charge in [-0.3, -0.25) is 0 Å². The molecule has 0 radical (unpaired) electrons. The van der Waals surface area contributed by atoms with E-state index in [4.69, 9.17) is 9.15 Å². The van der Waals surface area contributed by atoms with Gasteiger partial charge in [0, 0.05) is 0 Å². The number of hydrogen-bond donors (Lipinski definition) is 1. The van der Waals surface area contributed by atoms with Gasteiger partial charge in [-0.2, -0.15) is 0 Å². The van der Waals surface area contributed by atoms with Crippen LogP contribution in [-0.4, -0.2) is 14.2 Å². The van der Waals surface area contributed by atoms with Gasteiger partial charge in [-0.05, 0) is 62.2 Å². The van der Waals surface area contributed by atoms with Crippen LogP contribution in [0.4, 0.5) is 0 Å². The Labute approximate surface area is 114 Å². The van der Waals surface area contributed by atoms with E-state index in [1.807, 2.05) is 13.1 Å². The molecule has 0 aliphatic heterocycles. The maximum atomic E-state index is 5.63. The molecule has 0 aliphatic rings. The summed E-state index contributed by atoms with van der Waals surface area (Å²) < 4.78 is 11.0. The summed E-state index contributed by atoms with van der Waals surface area (Å²) in [6.45, 7) is 6.22. The van der Waals surface area contributed by atoms with E-state index in [-0.39, 0.29) is 6.04 Å². The summed E-state index contributed by atoms with van der Waals surface area (Å²) >= 11 is 0. The number of benzene rings is 1. The first kappa shape index (κ1) is 13.7. The number of ether oxygens (including phenoxy) is 1. The lowest BCUT2D eigenvalue weighted by molar-refractivity contribution is 0.410. The molecule has 0 bridgehead atoms. The van der Waals surface area contributed by atoms with Gasteiger partial charge in [0.25, 0.3) is 0 Å². The SMILES string of the molecule is CNC(c1cc(C)c(OC)cc1C)c1occc1C. The highest BCUT2D eigenvalue weighted by atomic mass is 16.5. The monoisotopic (exact) mass is 259 g/mol. The van der Waals surface area contributed by atoms with Gasteiger partial charge in [0.1, 0.15) is 11.5 Å². The van der Waals surface area contributed by atoms with Gasteiger partial charge < -0.3 is 14.5 Å². The molecule has 19 heavy (non-hydrogen) atoms. The van der Waals surface area contributed by atoms with Gasteiger partial charge in [0.05, 0.1) is 19.4 Å². The number of hydrogen-bond acceptors (Lipinski definition) is 3. The maximum Gasteiger partial charge on any atom is 0.128 e. The zero-order valence-electron chi connectivity index (χ0n) is 12.2. The molecular weight excluding hydrogens is 238 g/mol. The topological polar surface area (TPSA) is 34.4 Å². The second-order valence-electron chi connectivity index (χ2n) is 4.87. The van der Waals surface area contributed by atoms with Crippen LogP contribution in [-0.2, 0) is 0 Å². The number of aryl methyl sites for hydroxylation is 3. The minimum atomic E-state index is 0.0691. The Morgan fingerprint density at radius 1 is 1.11 bits per heavy atom. The van der Waals surface area contributed by atoms with Crippen molar-refractivity contribution in [3.8, 4) is 5.75 Å². The highest BCUT2D eigenvalue weighted by Crippen LogP contribution is 2.31. The second-order valence-corrected chi connectivity index (χ2v) is 4.87. The van der Waals surface area contributed by atoms with Crippen LogP contribution in [0.1, 0.15) is 34.1 Å². The Morgan fingerprint density at radius 3 is 2.37 bits per heavy atom. The molecule has 2 rings (SSSR count). The lowest BCUT2D eigenvalue weighted by Crippen LogP contribution is -2.19. The fourth-order valence-corrected chi connectivity index (χ4v) is 2.45. The van der Waals surface area contributed by atoms with Crippen LogP contribution in [0.15, 0.2) is 28.9 Å². The summed E-state index contributed by atoms with van der Waals surface area (Å²) in [7, 11) is 3.65. The first-order chi connectivity index (χ1) is 9.08. The van der Waals surface area contributed by atoms with E-state index in [1.165, 1.54) is 11.1 Å². The zero-order valence-corrected chi connectivity index (χ0v) is 12.2. The predicted molar refractivity (Wildman–Crippen MR) is 76.8 cm³/mol. The quantitative estimate of drug-likeness (QED) is 0.912. The van der Waals surface area contributed by atoms with Gasteiger partial charge in [-0.25, -0.2) is 0 Å². The van der Waals surface area contributed by atoms with Gasteiger partial charge in [0.15, 0.2) is 0 Å². The number of methoxy groups -OCH3 is 1. The van der Waals surface area contributed by atoms with Gasteiger partial charge in [-0.15, -0.1) is 0 Å². The lowest BCUT2D eigenvalue weighted by Gasteiger charge is -2.19. The van der Waals surface area contributed by atoms with Crippen LogP contribution in [0, 0.1) is 20.8 Å². The standard InChI is InChI=1S/C16H21NO2/c1-10-6-7-19-16(10)15(17-4)13-8-12(3)14(18-5)9-11(13)2/h6-9,15,17H,1-5H3. The van der Waals surface area contributed by atoms with E-state index in [1.54, 1.807) is 13.4 Å². The Kier molecular flexibility index (Phi) is 3.96. The molecular formula is C16H21NO2. The normalized spacial score (nSPS) is 12.5. The van der Waals surface area contributed by atoms with Crippen LogP contribution < -0.4 is 10.1 Å². The number of nitrogens with one attached hydrogen (secondary N) is 1. The highest BCUT2D eigenvalue weighted by molar-refractivity contribution is 5.45. The van der Waals surface area contributed by atoms with Crippen LogP contribution in [0.3, 0.4) is 0 Å². The molecule has 1 aromatic heterocycles. The summed E-state index contributed by atoms with van der Waals surface area (Å²) in [5.41, 5.74) is 4.70. The van der Waals surface area contributed by atoms with Crippen molar-refractivity contribution in [2.45, 2.75) is 26.8 Å². The molecule has 0 saturated carbocycles. The molecule has 1 heterocycles. The average Bonchev–Trinajstić information content (AvgIpc) is 2.80. The van der Waals surface area contributed by atoms with Crippen LogP contribution >= 0.6 is 0 Å². The largest absolute Gasteiger partial charge is 0.496 e. The molecule has 0 fully saturated rings. The van der Waals surface area contributed by atoms with Gasteiger partial charge >= 0.3 is 0 Å². The third-order valence-corrected chi connectivity index (χ3v) is 3.55. The van der Waals surface area contributed by atoms with Crippen molar-refractivity contribution in [3.05, 3.63) is 52.5 Å². The summed E-state index contributed by atoms with van der Waals surface area (Å²) in [5, 5.41) is 3.33. The van der Waals surface area contributed by atoms with E-state index < -0.39 is 0 Å². The van der Waals surface area contributed by atoms with E-state index in [0.717, 1.165) is 22.6 Å². The van der Waals surface area contributed by atoms with E-state index in [0.29, 0.717) is 0 Å². The van der Waals surface area contributed by atoms with Crippen molar-refractivity contribution >= 4 is 0 Å². The first-order valence-electron chi connectivity index (χ1n) is 6.44. The van der Waals surface area contributed by atoms with Crippen molar-refractivity contribution in [2.75, 3.05) is 14.2 Å². The molecule has 1 aromatic carbocycles.